The Labute approximate surface area is 109 Å². The van der Waals surface area contributed by atoms with Crippen molar-refractivity contribution in [1.29, 1.82) is 0 Å². The molecule has 0 spiro atoms. The summed E-state index contributed by atoms with van der Waals surface area (Å²) in [6, 6.07) is 0. The van der Waals surface area contributed by atoms with Crippen LogP contribution in [0.4, 0.5) is 13.2 Å². The van der Waals surface area contributed by atoms with Gasteiger partial charge in [0.1, 0.15) is 0 Å². The molecule has 4 nitrogen and oxygen atoms in total. The molecule has 0 aromatic rings. The summed E-state index contributed by atoms with van der Waals surface area (Å²) in [5, 5.41) is 11.6. The summed E-state index contributed by atoms with van der Waals surface area (Å²) in [5.74, 6) is -2.50. The number of carbonyl (C=O) groups excluding carboxylic acids is 1. The van der Waals surface area contributed by atoms with Crippen LogP contribution < -0.4 is 5.32 Å². The van der Waals surface area contributed by atoms with Crippen LogP contribution in [0.2, 0.25) is 0 Å². The van der Waals surface area contributed by atoms with Crippen LogP contribution in [0.25, 0.3) is 0 Å². The first kappa shape index (κ1) is 15.8. The molecule has 1 amide bonds. The van der Waals surface area contributed by atoms with Crippen molar-refractivity contribution in [2.75, 3.05) is 0 Å². The van der Waals surface area contributed by atoms with Gasteiger partial charge in [0.25, 0.3) is 0 Å². The molecular formula is C12H18F3NO3. The molecule has 1 aliphatic rings. The van der Waals surface area contributed by atoms with Crippen molar-refractivity contribution in [2.24, 2.45) is 5.92 Å². The summed E-state index contributed by atoms with van der Waals surface area (Å²) in [6.45, 7) is 1.59. The van der Waals surface area contributed by atoms with E-state index in [4.69, 9.17) is 5.11 Å². The normalized spacial score (nSPS) is 27.9. The van der Waals surface area contributed by atoms with Crippen molar-refractivity contribution in [2.45, 2.75) is 57.2 Å². The van der Waals surface area contributed by atoms with Crippen molar-refractivity contribution in [3.05, 3.63) is 0 Å². The zero-order valence-corrected chi connectivity index (χ0v) is 10.7. The predicted molar refractivity (Wildman–Crippen MR) is 61.4 cm³/mol. The predicted octanol–water partition coefficient (Wildman–Crippen LogP) is 2.48. The minimum atomic E-state index is -4.38. The maximum absolute atomic E-state index is 12.0. The Morgan fingerprint density at radius 2 is 2.00 bits per heavy atom. The van der Waals surface area contributed by atoms with Crippen LogP contribution in [0.5, 0.6) is 0 Å². The minimum absolute atomic E-state index is 0.436. The van der Waals surface area contributed by atoms with Gasteiger partial charge in [-0.05, 0) is 19.8 Å². The molecule has 0 heterocycles. The zero-order valence-electron chi connectivity index (χ0n) is 10.7. The lowest BCUT2D eigenvalue weighted by Crippen LogP contribution is -2.55. The fraction of sp³-hybridized carbons (Fsp3) is 0.833. The van der Waals surface area contributed by atoms with E-state index in [2.05, 4.69) is 5.32 Å². The summed E-state index contributed by atoms with van der Waals surface area (Å²) in [7, 11) is 0. The first-order valence-corrected chi connectivity index (χ1v) is 6.25. The molecule has 1 rings (SSSR count). The fourth-order valence-electron chi connectivity index (χ4n) is 2.52. The number of carbonyl (C=O) groups is 2. The Morgan fingerprint density at radius 3 is 2.53 bits per heavy atom. The van der Waals surface area contributed by atoms with Gasteiger partial charge in [-0.2, -0.15) is 13.2 Å². The summed E-state index contributed by atoms with van der Waals surface area (Å²) in [4.78, 5) is 22.7. The van der Waals surface area contributed by atoms with Gasteiger partial charge in [0.05, 0.1) is 17.9 Å². The van der Waals surface area contributed by atoms with Gasteiger partial charge in [-0.1, -0.05) is 12.8 Å². The van der Waals surface area contributed by atoms with Gasteiger partial charge >= 0.3 is 12.1 Å². The van der Waals surface area contributed by atoms with Crippen molar-refractivity contribution < 1.29 is 27.9 Å². The highest BCUT2D eigenvalue weighted by Crippen LogP contribution is 2.34. The fourth-order valence-corrected chi connectivity index (χ4v) is 2.52. The highest BCUT2D eigenvalue weighted by Gasteiger charge is 2.42. The van der Waals surface area contributed by atoms with E-state index in [1.165, 1.54) is 0 Å². The average Bonchev–Trinajstić information content (AvgIpc) is 2.25. The first-order chi connectivity index (χ1) is 8.64. The molecule has 2 N–H and O–H groups in total. The van der Waals surface area contributed by atoms with Gasteiger partial charge in [0.2, 0.25) is 5.91 Å². The van der Waals surface area contributed by atoms with Crippen LogP contribution in [-0.4, -0.2) is 28.7 Å². The van der Waals surface area contributed by atoms with E-state index in [1.807, 2.05) is 0 Å². The zero-order chi connectivity index (χ0) is 14.7. The average molecular weight is 281 g/mol. The van der Waals surface area contributed by atoms with Crippen LogP contribution >= 0.6 is 0 Å². The highest BCUT2D eigenvalue weighted by molar-refractivity contribution is 5.79. The number of carboxylic acids is 1. The molecule has 2 unspecified atom stereocenters. The van der Waals surface area contributed by atoms with Crippen LogP contribution in [0.1, 0.15) is 45.4 Å². The third kappa shape index (κ3) is 4.72. The van der Waals surface area contributed by atoms with Gasteiger partial charge < -0.3 is 10.4 Å². The number of hydrogen-bond donors (Lipinski definition) is 2. The minimum Gasteiger partial charge on any atom is -0.481 e. The maximum Gasteiger partial charge on any atom is 0.389 e. The Hall–Kier alpha value is -1.27. The van der Waals surface area contributed by atoms with E-state index in [-0.39, 0.29) is 0 Å². The van der Waals surface area contributed by atoms with Crippen LogP contribution in [0, 0.1) is 5.92 Å². The third-order valence-electron chi connectivity index (χ3n) is 3.57. The maximum atomic E-state index is 12.0. The van der Waals surface area contributed by atoms with Crippen molar-refractivity contribution in [1.82, 2.24) is 5.32 Å². The number of amides is 1. The molecule has 19 heavy (non-hydrogen) atoms. The van der Waals surface area contributed by atoms with Crippen molar-refractivity contribution >= 4 is 11.9 Å². The molecule has 0 aromatic heterocycles. The SMILES string of the molecule is CC1(NC(=O)CCC(F)(F)F)CCCCC1C(=O)O. The smallest absolute Gasteiger partial charge is 0.389 e. The van der Waals surface area contributed by atoms with Crippen molar-refractivity contribution in [3.8, 4) is 0 Å². The van der Waals surface area contributed by atoms with E-state index in [0.717, 1.165) is 12.8 Å². The second-order valence-corrected chi connectivity index (χ2v) is 5.22. The van der Waals surface area contributed by atoms with Gasteiger partial charge in [-0.3, -0.25) is 9.59 Å². The number of hydrogen-bond acceptors (Lipinski definition) is 2. The quantitative estimate of drug-likeness (QED) is 0.832. The van der Waals surface area contributed by atoms with Gasteiger partial charge in [0, 0.05) is 6.42 Å². The number of aliphatic carboxylic acids is 1. The molecule has 0 aliphatic heterocycles. The van der Waals surface area contributed by atoms with Gasteiger partial charge in [0.15, 0.2) is 0 Å². The molecule has 0 saturated heterocycles. The Kier molecular flexibility index (Phi) is 4.81. The molecule has 1 aliphatic carbocycles. The Bertz CT molecular complexity index is 357. The van der Waals surface area contributed by atoms with Crippen LogP contribution in [-0.2, 0) is 9.59 Å². The molecular weight excluding hydrogens is 263 g/mol. The van der Waals surface area contributed by atoms with E-state index in [1.54, 1.807) is 6.92 Å². The van der Waals surface area contributed by atoms with E-state index in [0.29, 0.717) is 12.8 Å². The van der Waals surface area contributed by atoms with E-state index < -0.39 is 42.4 Å². The second-order valence-electron chi connectivity index (χ2n) is 5.22. The lowest BCUT2D eigenvalue weighted by atomic mass is 9.74. The number of nitrogens with one attached hydrogen (secondary N) is 1. The van der Waals surface area contributed by atoms with Crippen molar-refractivity contribution in [3.63, 3.8) is 0 Å². The lowest BCUT2D eigenvalue weighted by Gasteiger charge is -2.39. The van der Waals surface area contributed by atoms with Crippen LogP contribution in [0.15, 0.2) is 0 Å². The molecule has 2 atom stereocenters. The first-order valence-electron chi connectivity index (χ1n) is 6.25. The lowest BCUT2D eigenvalue weighted by molar-refractivity contribution is -0.150. The number of halogens is 3. The summed E-state index contributed by atoms with van der Waals surface area (Å²) in [6.07, 6.45) is -3.80. The molecule has 0 radical (unpaired) electrons. The monoisotopic (exact) mass is 281 g/mol. The standard InChI is InChI=1S/C12H18F3NO3/c1-11(6-3-2-4-8(11)10(18)19)16-9(17)5-7-12(13,14)15/h8H,2-7H2,1H3,(H,16,17)(H,18,19). The Morgan fingerprint density at radius 1 is 1.37 bits per heavy atom. The molecule has 0 bridgehead atoms. The summed E-state index contributed by atoms with van der Waals surface area (Å²) in [5.41, 5.74) is -0.952. The number of alkyl halides is 3. The van der Waals surface area contributed by atoms with Gasteiger partial charge in [-0.15, -0.1) is 0 Å². The molecule has 7 heteroatoms. The van der Waals surface area contributed by atoms with Crippen LogP contribution in [0.3, 0.4) is 0 Å². The molecule has 1 fully saturated rings. The van der Waals surface area contributed by atoms with E-state index in [9.17, 15) is 22.8 Å². The third-order valence-corrected chi connectivity index (χ3v) is 3.57. The molecule has 0 aromatic carbocycles. The van der Waals surface area contributed by atoms with Gasteiger partial charge in [-0.25, -0.2) is 0 Å². The summed E-state index contributed by atoms with van der Waals surface area (Å²) >= 11 is 0. The second kappa shape index (κ2) is 5.79. The van der Waals surface area contributed by atoms with E-state index >= 15 is 0 Å². The largest absolute Gasteiger partial charge is 0.481 e. The summed E-state index contributed by atoms with van der Waals surface area (Å²) < 4.78 is 36.1. The number of carboxylic acid groups (broad SMARTS) is 1. The molecule has 1 saturated carbocycles. The Balaban J connectivity index is 2.61. The highest BCUT2D eigenvalue weighted by atomic mass is 19.4. The topological polar surface area (TPSA) is 66.4 Å². The molecule has 110 valence electrons. The number of rotatable bonds is 4.